The van der Waals surface area contributed by atoms with E-state index in [-0.39, 0.29) is 0 Å². The lowest BCUT2D eigenvalue weighted by molar-refractivity contribution is -0.129. The Labute approximate surface area is 104 Å². The molecule has 16 heavy (non-hydrogen) atoms. The molecule has 3 nitrogen and oxygen atoms in total. The first-order valence-electron chi connectivity index (χ1n) is 5.33. The highest BCUT2D eigenvalue weighted by Gasteiger charge is 1.93. The lowest BCUT2D eigenvalue weighted by atomic mass is 10.2. The Hall–Kier alpha value is -0.870. The minimum atomic E-state index is 0.344. The Balaban J connectivity index is 0.000000212. The molecule has 1 aliphatic heterocycles. The molecule has 0 amide bonds. The van der Waals surface area contributed by atoms with Crippen molar-refractivity contribution in [3.63, 3.8) is 0 Å². The van der Waals surface area contributed by atoms with Crippen molar-refractivity contribution in [1.82, 2.24) is 5.32 Å². The number of carbonyl (C=O) groups excluding carboxylic acids is 1. The maximum Gasteiger partial charge on any atom is 0.293 e. The van der Waals surface area contributed by atoms with Gasteiger partial charge in [0, 0.05) is 4.47 Å². The summed E-state index contributed by atoms with van der Waals surface area (Å²) in [6.45, 7) is 3.29. The molecule has 0 bridgehead atoms. The third kappa shape index (κ3) is 5.88. The summed E-state index contributed by atoms with van der Waals surface area (Å²) in [6.07, 6.45) is 2.78. The van der Waals surface area contributed by atoms with E-state index in [0.29, 0.717) is 13.1 Å². The Bertz CT molecular complexity index is 289. The van der Waals surface area contributed by atoms with Crippen LogP contribution in [0.4, 0.5) is 0 Å². The van der Waals surface area contributed by atoms with E-state index in [1.54, 1.807) is 0 Å². The van der Waals surface area contributed by atoms with Gasteiger partial charge in [0.25, 0.3) is 6.47 Å². The van der Waals surface area contributed by atoms with Gasteiger partial charge in [0.15, 0.2) is 0 Å². The van der Waals surface area contributed by atoms with Crippen molar-refractivity contribution >= 4 is 22.4 Å². The van der Waals surface area contributed by atoms with Crippen LogP contribution in [0.2, 0.25) is 0 Å². The molecule has 0 saturated carbocycles. The molecule has 0 aromatic heterocycles. The number of carbonyl (C=O) groups is 1. The van der Waals surface area contributed by atoms with Crippen molar-refractivity contribution < 1.29 is 9.53 Å². The topological polar surface area (TPSA) is 38.3 Å². The maximum absolute atomic E-state index is 9.81. The normalized spacial score (nSPS) is 13.8. The second-order valence-corrected chi connectivity index (χ2v) is 4.41. The molecule has 88 valence electrons. The highest BCUT2D eigenvalue weighted by atomic mass is 79.9. The van der Waals surface area contributed by atoms with Crippen LogP contribution in [-0.2, 0) is 16.1 Å². The lowest BCUT2D eigenvalue weighted by Crippen LogP contribution is -2.03. The van der Waals surface area contributed by atoms with Gasteiger partial charge in [-0.2, -0.15) is 0 Å². The fourth-order valence-electron chi connectivity index (χ4n) is 1.34. The first kappa shape index (κ1) is 13.2. The van der Waals surface area contributed by atoms with Gasteiger partial charge in [0.2, 0.25) is 0 Å². The molecule has 1 aromatic rings. The molecule has 1 fully saturated rings. The van der Waals surface area contributed by atoms with E-state index < -0.39 is 0 Å². The summed E-state index contributed by atoms with van der Waals surface area (Å²) in [5.74, 6) is 0. The Morgan fingerprint density at radius 2 is 1.88 bits per heavy atom. The van der Waals surface area contributed by atoms with E-state index in [4.69, 9.17) is 0 Å². The van der Waals surface area contributed by atoms with Crippen LogP contribution < -0.4 is 5.32 Å². The van der Waals surface area contributed by atoms with Crippen LogP contribution in [0, 0.1) is 0 Å². The van der Waals surface area contributed by atoms with Gasteiger partial charge in [-0.1, -0.05) is 28.1 Å². The molecule has 2 rings (SSSR count). The van der Waals surface area contributed by atoms with E-state index in [1.165, 1.54) is 25.9 Å². The summed E-state index contributed by atoms with van der Waals surface area (Å²) in [4.78, 5) is 9.81. The van der Waals surface area contributed by atoms with E-state index in [0.717, 1.165) is 10.0 Å². The van der Waals surface area contributed by atoms with Crippen molar-refractivity contribution in [1.29, 1.82) is 0 Å². The van der Waals surface area contributed by atoms with Crippen molar-refractivity contribution in [2.75, 3.05) is 13.1 Å². The van der Waals surface area contributed by atoms with Gasteiger partial charge in [-0.05, 0) is 43.6 Å². The number of nitrogens with one attached hydrogen (secondary N) is 1. The number of benzene rings is 1. The summed E-state index contributed by atoms with van der Waals surface area (Å²) < 4.78 is 5.58. The summed E-state index contributed by atoms with van der Waals surface area (Å²) in [6, 6.07) is 7.61. The quantitative estimate of drug-likeness (QED) is 0.868. The standard InChI is InChI=1S/C8H7BrO2.C4H9N/c9-8-3-1-7(2-4-8)5-11-6-10;1-2-4-5-3-1/h1-4,6H,5H2;5H,1-4H2. The van der Waals surface area contributed by atoms with Crippen LogP contribution >= 0.6 is 15.9 Å². The third-order valence-corrected chi connectivity index (χ3v) is 2.72. The van der Waals surface area contributed by atoms with Gasteiger partial charge >= 0.3 is 0 Å². The number of halogens is 1. The summed E-state index contributed by atoms with van der Waals surface area (Å²) in [5.41, 5.74) is 0.986. The predicted molar refractivity (Wildman–Crippen MR) is 67.1 cm³/mol. The summed E-state index contributed by atoms with van der Waals surface area (Å²) in [5, 5.41) is 3.22. The number of rotatable bonds is 3. The number of hydrogen-bond acceptors (Lipinski definition) is 3. The van der Waals surface area contributed by atoms with Gasteiger partial charge in [0.1, 0.15) is 6.61 Å². The largest absolute Gasteiger partial charge is 0.463 e. The number of ether oxygens (including phenoxy) is 1. The van der Waals surface area contributed by atoms with Gasteiger partial charge in [-0.25, -0.2) is 0 Å². The van der Waals surface area contributed by atoms with E-state index in [9.17, 15) is 4.79 Å². The zero-order valence-electron chi connectivity index (χ0n) is 9.12. The maximum atomic E-state index is 9.81. The van der Waals surface area contributed by atoms with Gasteiger partial charge in [-0.3, -0.25) is 4.79 Å². The van der Waals surface area contributed by atoms with Crippen LogP contribution in [0.5, 0.6) is 0 Å². The van der Waals surface area contributed by atoms with Gasteiger partial charge in [-0.15, -0.1) is 0 Å². The van der Waals surface area contributed by atoms with Crippen LogP contribution in [0.25, 0.3) is 0 Å². The van der Waals surface area contributed by atoms with Crippen LogP contribution in [-0.4, -0.2) is 19.6 Å². The van der Waals surface area contributed by atoms with Crippen LogP contribution in [0.3, 0.4) is 0 Å². The molecule has 0 spiro atoms. The molecule has 0 radical (unpaired) electrons. The van der Waals surface area contributed by atoms with E-state index in [2.05, 4.69) is 26.0 Å². The molecule has 1 aliphatic rings. The molecule has 0 atom stereocenters. The first-order valence-corrected chi connectivity index (χ1v) is 6.12. The number of hydrogen-bond donors (Lipinski definition) is 1. The van der Waals surface area contributed by atoms with Crippen molar-refractivity contribution in [3.05, 3.63) is 34.3 Å². The Morgan fingerprint density at radius 3 is 2.31 bits per heavy atom. The minimum absolute atomic E-state index is 0.344. The molecular weight excluding hydrogens is 270 g/mol. The van der Waals surface area contributed by atoms with Gasteiger partial charge in [0.05, 0.1) is 0 Å². The van der Waals surface area contributed by atoms with Crippen molar-refractivity contribution in [2.24, 2.45) is 0 Å². The molecule has 1 N–H and O–H groups in total. The lowest BCUT2D eigenvalue weighted by Gasteiger charge is -1.97. The molecule has 1 aromatic carbocycles. The average molecular weight is 286 g/mol. The van der Waals surface area contributed by atoms with Crippen LogP contribution in [0.1, 0.15) is 18.4 Å². The monoisotopic (exact) mass is 285 g/mol. The minimum Gasteiger partial charge on any atom is -0.463 e. The summed E-state index contributed by atoms with van der Waals surface area (Å²) >= 11 is 3.30. The fourth-order valence-corrected chi connectivity index (χ4v) is 1.60. The molecule has 1 heterocycles. The van der Waals surface area contributed by atoms with Crippen molar-refractivity contribution in [2.45, 2.75) is 19.4 Å². The third-order valence-electron chi connectivity index (χ3n) is 2.19. The van der Waals surface area contributed by atoms with E-state index >= 15 is 0 Å². The van der Waals surface area contributed by atoms with E-state index in [1.807, 2.05) is 24.3 Å². The molecule has 4 heteroatoms. The highest BCUT2D eigenvalue weighted by molar-refractivity contribution is 9.10. The SMILES string of the molecule is C1CCNC1.O=COCc1ccc(Br)cc1. The molecular formula is C12H16BrNO2. The Morgan fingerprint density at radius 1 is 1.25 bits per heavy atom. The van der Waals surface area contributed by atoms with Gasteiger partial charge < -0.3 is 10.1 Å². The average Bonchev–Trinajstić information content (AvgIpc) is 2.87. The zero-order valence-corrected chi connectivity index (χ0v) is 10.7. The van der Waals surface area contributed by atoms with Crippen molar-refractivity contribution in [3.8, 4) is 0 Å². The fraction of sp³-hybridized carbons (Fsp3) is 0.417. The summed E-state index contributed by atoms with van der Waals surface area (Å²) in [7, 11) is 0. The molecule has 1 saturated heterocycles. The Kier molecular flexibility index (Phi) is 6.85. The zero-order chi connectivity index (χ0) is 11.6. The van der Waals surface area contributed by atoms with Crippen LogP contribution in [0.15, 0.2) is 28.7 Å². The molecule has 0 unspecified atom stereocenters. The first-order chi connectivity index (χ1) is 7.83. The second-order valence-electron chi connectivity index (χ2n) is 3.49. The smallest absolute Gasteiger partial charge is 0.293 e. The second kappa shape index (κ2) is 8.30. The highest BCUT2D eigenvalue weighted by Crippen LogP contribution is 2.10. The molecule has 0 aliphatic carbocycles. The predicted octanol–water partition coefficient (Wildman–Crippen LogP) is 2.49.